The number of hydrogen-bond acceptors (Lipinski definition) is 2. The van der Waals surface area contributed by atoms with Gasteiger partial charge in [-0.2, -0.15) is 0 Å². The van der Waals surface area contributed by atoms with Crippen molar-refractivity contribution in [2.75, 3.05) is 7.11 Å². The van der Waals surface area contributed by atoms with Crippen molar-refractivity contribution >= 4 is 0 Å². The standard InChI is InChI=1S/C15H16FNO/c1-10-5-3-4-6-12(10)15(17)13-9-11(16)7-8-14(13)18-2/h3-9,15H,17H2,1-2H3. The molecule has 0 aliphatic rings. The van der Waals surface area contributed by atoms with Crippen LogP contribution in [0.5, 0.6) is 5.75 Å². The Bertz CT molecular complexity index is 554. The van der Waals surface area contributed by atoms with Gasteiger partial charge in [0.25, 0.3) is 0 Å². The lowest BCUT2D eigenvalue weighted by Gasteiger charge is -2.18. The first kappa shape index (κ1) is 12.6. The Morgan fingerprint density at radius 3 is 2.50 bits per heavy atom. The van der Waals surface area contributed by atoms with Gasteiger partial charge < -0.3 is 10.5 Å². The highest BCUT2D eigenvalue weighted by molar-refractivity contribution is 5.43. The number of halogens is 1. The smallest absolute Gasteiger partial charge is 0.124 e. The summed E-state index contributed by atoms with van der Waals surface area (Å²) in [5, 5.41) is 0. The number of aryl methyl sites for hydroxylation is 1. The van der Waals surface area contributed by atoms with E-state index in [4.69, 9.17) is 10.5 Å². The highest BCUT2D eigenvalue weighted by Gasteiger charge is 2.16. The molecule has 2 N–H and O–H groups in total. The molecule has 0 aromatic heterocycles. The van der Waals surface area contributed by atoms with E-state index in [1.54, 1.807) is 13.2 Å². The zero-order valence-corrected chi connectivity index (χ0v) is 10.5. The van der Waals surface area contributed by atoms with E-state index < -0.39 is 6.04 Å². The summed E-state index contributed by atoms with van der Waals surface area (Å²) in [7, 11) is 1.56. The molecule has 0 radical (unpaired) electrons. The van der Waals surface area contributed by atoms with Gasteiger partial charge in [-0.3, -0.25) is 0 Å². The first-order valence-electron chi connectivity index (χ1n) is 5.78. The summed E-state index contributed by atoms with van der Waals surface area (Å²) in [6.07, 6.45) is 0. The van der Waals surface area contributed by atoms with Crippen molar-refractivity contribution in [3.8, 4) is 5.75 Å². The van der Waals surface area contributed by atoms with Crippen LogP contribution < -0.4 is 10.5 Å². The lowest BCUT2D eigenvalue weighted by molar-refractivity contribution is 0.406. The molecule has 0 fully saturated rings. The van der Waals surface area contributed by atoms with Crippen LogP contribution in [0, 0.1) is 12.7 Å². The van der Waals surface area contributed by atoms with Crippen molar-refractivity contribution in [2.24, 2.45) is 5.73 Å². The summed E-state index contributed by atoms with van der Waals surface area (Å²) < 4.78 is 18.6. The van der Waals surface area contributed by atoms with Crippen LogP contribution in [-0.4, -0.2) is 7.11 Å². The van der Waals surface area contributed by atoms with Crippen molar-refractivity contribution in [1.29, 1.82) is 0 Å². The first-order chi connectivity index (χ1) is 8.63. The largest absolute Gasteiger partial charge is 0.496 e. The molecule has 3 heteroatoms. The topological polar surface area (TPSA) is 35.2 Å². The maximum Gasteiger partial charge on any atom is 0.124 e. The zero-order valence-electron chi connectivity index (χ0n) is 10.5. The lowest BCUT2D eigenvalue weighted by Crippen LogP contribution is -2.14. The molecule has 0 aliphatic carbocycles. The van der Waals surface area contributed by atoms with E-state index in [2.05, 4.69) is 0 Å². The van der Waals surface area contributed by atoms with Gasteiger partial charge in [0.2, 0.25) is 0 Å². The normalized spacial score (nSPS) is 12.2. The SMILES string of the molecule is COc1ccc(F)cc1C(N)c1ccccc1C. The third kappa shape index (κ3) is 2.36. The van der Waals surface area contributed by atoms with E-state index >= 15 is 0 Å². The second-order valence-electron chi connectivity index (χ2n) is 4.22. The van der Waals surface area contributed by atoms with E-state index in [0.717, 1.165) is 11.1 Å². The Balaban J connectivity index is 2.48. The van der Waals surface area contributed by atoms with Crippen LogP contribution in [0.3, 0.4) is 0 Å². The molecule has 2 aromatic rings. The van der Waals surface area contributed by atoms with Crippen LogP contribution in [0.4, 0.5) is 4.39 Å². The fraction of sp³-hybridized carbons (Fsp3) is 0.200. The van der Waals surface area contributed by atoms with Crippen LogP contribution in [0.1, 0.15) is 22.7 Å². The van der Waals surface area contributed by atoms with E-state index in [9.17, 15) is 4.39 Å². The van der Waals surface area contributed by atoms with E-state index in [-0.39, 0.29) is 5.82 Å². The maximum atomic E-state index is 13.3. The number of benzene rings is 2. The van der Waals surface area contributed by atoms with E-state index in [1.807, 2.05) is 31.2 Å². The summed E-state index contributed by atoms with van der Waals surface area (Å²) in [4.78, 5) is 0. The van der Waals surface area contributed by atoms with Crippen LogP contribution >= 0.6 is 0 Å². The molecule has 0 aliphatic heterocycles. The molecule has 94 valence electrons. The van der Waals surface area contributed by atoms with Gasteiger partial charge in [-0.25, -0.2) is 4.39 Å². The summed E-state index contributed by atoms with van der Waals surface area (Å²) >= 11 is 0. The fourth-order valence-electron chi connectivity index (χ4n) is 2.05. The minimum absolute atomic E-state index is 0.310. The highest BCUT2D eigenvalue weighted by Crippen LogP contribution is 2.30. The number of rotatable bonds is 3. The van der Waals surface area contributed by atoms with Gasteiger partial charge in [0.05, 0.1) is 13.2 Å². The number of hydrogen-bond donors (Lipinski definition) is 1. The summed E-state index contributed by atoms with van der Waals surface area (Å²) in [6.45, 7) is 1.99. The molecular formula is C15H16FNO. The summed E-state index contributed by atoms with van der Waals surface area (Å²) in [5.74, 6) is 0.294. The van der Waals surface area contributed by atoms with Crippen LogP contribution in [0.15, 0.2) is 42.5 Å². The van der Waals surface area contributed by atoms with Gasteiger partial charge in [0.1, 0.15) is 11.6 Å². The van der Waals surface area contributed by atoms with Crippen molar-refractivity contribution in [1.82, 2.24) is 0 Å². The number of methoxy groups -OCH3 is 1. The molecule has 0 amide bonds. The highest BCUT2D eigenvalue weighted by atomic mass is 19.1. The van der Waals surface area contributed by atoms with Gasteiger partial charge in [-0.1, -0.05) is 24.3 Å². The van der Waals surface area contributed by atoms with Crippen LogP contribution in [0.2, 0.25) is 0 Å². The fourth-order valence-corrected chi connectivity index (χ4v) is 2.05. The Morgan fingerprint density at radius 2 is 1.83 bits per heavy atom. The molecule has 1 atom stereocenters. The molecule has 2 nitrogen and oxygen atoms in total. The molecule has 2 rings (SSSR count). The molecule has 1 unspecified atom stereocenters. The van der Waals surface area contributed by atoms with Crippen molar-refractivity contribution in [3.05, 3.63) is 65.0 Å². The quantitative estimate of drug-likeness (QED) is 0.901. The van der Waals surface area contributed by atoms with Crippen molar-refractivity contribution in [3.63, 3.8) is 0 Å². The Labute approximate surface area is 106 Å². The number of ether oxygens (including phenoxy) is 1. The Kier molecular flexibility index (Phi) is 3.63. The molecule has 2 aromatic carbocycles. The van der Waals surface area contributed by atoms with E-state index in [1.165, 1.54) is 12.1 Å². The average molecular weight is 245 g/mol. The van der Waals surface area contributed by atoms with Crippen LogP contribution in [-0.2, 0) is 0 Å². The lowest BCUT2D eigenvalue weighted by atomic mass is 9.95. The van der Waals surface area contributed by atoms with Gasteiger partial charge in [-0.15, -0.1) is 0 Å². The van der Waals surface area contributed by atoms with E-state index in [0.29, 0.717) is 11.3 Å². The summed E-state index contributed by atoms with van der Waals surface area (Å²) in [6, 6.07) is 11.8. The Morgan fingerprint density at radius 1 is 1.11 bits per heavy atom. The average Bonchev–Trinajstić information content (AvgIpc) is 2.38. The third-order valence-electron chi connectivity index (χ3n) is 3.05. The first-order valence-corrected chi connectivity index (χ1v) is 5.78. The molecule has 0 bridgehead atoms. The molecular weight excluding hydrogens is 229 g/mol. The molecule has 0 heterocycles. The van der Waals surface area contributed by atoms with Crippen LogP contribution in [0.25, 0.3) is 0 Å². The second-order valence-corrected chi connectivity index (χ2v) is 4.22. The molecule has 18 heavy (non-hydrogen) atoms. The zero-order chi connectivity index (χ0) is 13.1. The molecule has 0 saturated heterocycles. The minimum atomic E-state index is -0.392. The van der Waals surface area contributed by atoms with Crippen molar-refractivity contribution in [2.45, 2.75) is 13.0 Å². The summed E-state index contributed by atoms with van der Waals surface area (Å²) in [5.41, 5.74) is 8.93. The van der Waals surface area contributed by atoms with Gasteiger partial charge in [0, 0.05) is 5.56 Å². The van der Waals surface area contributed by atoms with Gasteiger partial charge >= 0.3 is 0 Å². The predicted octanol–water partition coefficient (Wildman–Crippen LogP) is 3.19. The number of nitrogens with two attached hydrogens (primary N) is 1. The second kappa shape index (κ2) is 5.19. The maximum absolute atomic E-state index is 13.3. The third-order valence-corrected chi connectivity index (χ3v) is 3.05. The van der Waals surface area contributed by atoms with Gasteiger partial charge in [-0.05, 0) is 36.2 Å². The molecule has 0 spiro atoms. The molecule has 0 saturated carbocycles. The monoisotopic (exact) mass is 245 g/mol. The minimum Gasteiger partial charge on any atom is -0.496 e. The predicted molar refractivity (Wildman–Crippen MR) is 70.2 cm³/mol. The van der Waals surface area contributed by atoms with Gasteiger partial charge in [0.15, 0.2) is 0 Å². The Hall–Kier alpha value is -1.87. The van der Waals surface area contributed by atoms with Crippen molar-refractivity contribution < 1.29 is 9.13 Å².